The van der Waals surface area contributed by atoms with Crippen LogP contribution < -0.4 is 5.90 Å². The number of nitrogens with zero attached hydrogens (tertiary/aromatic N) is 1. The van der Waals surface area contributed by atoms with Crippen LogP contribution in [0.5, 0.6) is 0 Å². The quantitative estimate of drug-likeness (QED) is 0.435. The molecule has 0 aromatic heterocycles. The summed E-state index contributed by atoms with van der Waals surface area (Å²) in [5, 5.41) is 8.47. The largest absolute Gasteiger partial charge is 0.481 e. The number of likely N-dealkylation sites (N-methyl/N-ethyl adjacent to an activating group) is 1. The van der Waals surface area contributed by atoms with E-state index in [2.05, 4.69) is 4.84 Å². The third kappa shape index (κ3) is 6.09. The maximum Gasteiger partial charge on any atom is 0.306 e. The van der Waals surface area contributed by atoms with Crippen LogP contribution in [-0.2, 0) is 9.63 Å². The molecule has 0 aromatic rings. The van der Waals surface area contributed by atoms with Gasteiger partial charge in [-0.1, -0.05) is 0 Å². The lowest BCUT2D eigenvalue weighted by Crippen LogP contribution is -2.44. The summed E-state index contributed by atoms with van der Waals surface area (Å²) >= 11 is 0. The topological polar surface area (TPSA) is 72.5 Å². The molecule has 0 aliphatic heterocycles. The molecule has 0 radical (unpaired) electrons. The molecule has 0 saturated heterocycles. The predicted octanol–water partition coefficient (Wildman–Crippen LogP) is -0.574. The summed E-state index contributed by atoms with van der Waals surface area (Å²) in [6, 6.07) is 0. The summed E-state index contributed by atoms with van der Waals surface area (Å²) in [4.78, 5) is 14.9. The Morgan fingerprint density at radius 3 is 2.33 bits per heavy atom. The molecule has 0 amide bonds. The van der Waals surface area contributed by atoms with E-state index >= 15 is 0 Å². The molecule has 0 fully saturated rings. The summed E-state index contributed by atoms with van der Waals surface area (Å²) in [6.45, 7) is 0.586. The molecule has 1 unspecified atom stereocenters. The average molecular weight is 177 g/mol. The zero-order valence-corrected chi connectivity index (χ0v) is 7.78. The number of carboxylic acid groups (broad SMARTS) is 1. The minimum absolute atomic E-state index is 0.0496. The molecule has 0 saturated carbocycles. The van der Waals surface area contributed by atoms with Gasteiger partial charge in [0.1, 0.15) is 12.6 Å². The van der Waals surface area contributed by atoms with Gasteiger partial charge in [-0.15, -0.1) is 0 Å². The lowest BCUT2D eigenvalue weighted by molar-refractivity contribution is -0.873. The predicted molar refractivity (Wildman–Crippen MR) is 44.2 cm³/mol. The van der Waals surface area contributed by atoms with Crippen molar-refractivity contribution in [3.63, 3.8) is 0 Å². The van der Waals surface area contributed by atoms with Crippen molar-refractivity contribution in [2.24, 2.45) is 5.90 Å². The smallest absolute Gasteiger partial charge is 0.306 e. The minimum Gasteiger partial charge on any atom is -0.481 e. The fourth-order valence-electron chi connectivity index (χ4n) is 0.961. The zero-order valence-electron chi connectivity index (χ0n) is 7.78. The highest BCUT2D eigenvalue weighted by Crippen LogP contribution is 2.01. The van der Waals surface area contributed by atoms with Crippen LogP contribution in [0.4, 0.5) is 0 Å². The van der Waals surface area contributed by atoms with Gasteiger partial charge in [0.05, 0.1) is 27.6 Å². The number of rotatable bonds is 5. The van der Waals surface area contributed by atoms with Gasteiger partial charge in [-0.2, -0.15) is 0 Å². The van der Waals surface area contributed by atoms with E-state index in [0.717, 1.165) is 0 Å². The molecule has 72 valence electrons. The highest BCUT2D eigenvalue weighted by Gasteiger charge is 2.20. The van der Waals surface area contributed by atoms with E-state index in [1.54, 1.807) is 0 Å². The normalized spacial score (nSPS) is 14.3. The molecular weight excluding hydrogens is 160 g/mol. The first-order chi connectivity index (χ1) is 5.35. The van der Waals surface area contributed by atoms with Crippen LogP contribution in [0, 0.1) is 0 Å². The number of hydrogen-bond acceptors (Lipinski definition) is 3. The fraction of sp³-hybridized carbons (Fsp3) is 0.857. The Hall–Kier alpha value is -0.650. The van der Waals surface area contributed by atoms with Crippen molar-refractivity contribution in [3.05, 3.63) is 0 Å². The van der Waals surface area contributed by atoms with Crippen molar-refractivity contribution in [2.75, 3.05) is 27.7 Å². The van der Waals surface area contributed by atoms with E-state index in [1.165, 1.54) is 0 Å². The van der Waals surface area contributed by atoms with Gasteiger partial charge in [-0.25, -0.2) is 5.90 Å². The van der Waals surface area contributed by atoms with Crippen LogP contribution >= 0.6 is 0 Å². The number of nitrogens with two attached hydrogens (primary N) is 1. The molecule has 0 spiro atoms. The summed E-state index contributed by atoms with van der Waals surface area (Å²) in [6.07, 6.45) is -0.464. The van der Waals surface area contributed by atoms with Crippen LogP contribution in [0.25, 0.3) is 0 Å². The Bertz CT molecular complexity index is 153. The Labute approximate surface area is 72.3 Å². The van der Waals surface area contributed by atoms with Gasteiger partial charge in [-0.05, 0) is 0 Å². The van der Waals surface area contributed by atoms with Crippen LogP contribution in [0.15, 0.2) is 0 Å². The van der Waals surface area contributed by atoms with E-state index in [1.807, 2.05) is 21.1 Å². The number of aliphatic carboxylic acids is 1. The van der Waals surface area contributed by atoms with Crippen molar-refractivity contribution in [2.45, 2.75) is 12.5 Å². The van der Waals surface area contributed by atoms with Gasteiger partial charge in [0.15, 0.2) is 0 Å². The third-order valence-electron chi connectivity index (χ3n) is 1.35. The van der Waals surface area contributed by atoms with Crippen LogP contribution in [-0.4, -0.2) is 49.4 Å². The first kappa shape index (κ1) is 11.4. The molecule has 5 heteroatoms. The monoisotopic (exact) mass is 177 g/mol. The maximum absolute atomic E-state index is 10.3. The van der Waals surface area contributed by atoms with Gasteiger partial charge in [-0.3, -0.25) is 9.63 Å². The lowest BCUT2D eigenvalue weighted by atomic mass is 10.2. The van der Waals surface area contributed by atoms with Crippen molar-refractivity contribution in [3.8, 4) is 0 Å². The number of hydrogen-bond donors (Lipinski definition) is 2. The second-order valence-corrected chi connectivity index (χ2v) is 3.83. The van der Waals surface area contributed by atoms with E-state index in [9.17, 15) is 4.79 Å². The third-order valence-corrected chi connectivity index (χ3v) is 1.35. The highest BCUT2D eigenvalue weighted by molar-refractivity contribution is 5.67. The Morgan fingerprint density at radius 1 is 1.58 bits per heavy atom. The summed E-state index contributed by atoms with van der Waals surface area (Å²) in [7, 11) is 5.86. The molecule has 0 aromatic carbocycles. The molecule has 3 N–H and O–H groups in total. The molecule has 0 aliphatic carbocycles. The first-order valence-corrected chi connectivity index (χ1v) is 3.73. The molecule has 0 bridgehead atoms. The second-order valence-electron chi connectivity index (χ2n) is 3.83. The molecular formula is C7H17N2O3+. The van der Waals surface area contributed by atoms with E-state index < -0.39 is 12.1 Å². The lowest BCUT2D eigenvalue weighted by Gasteiger charge is -2.27. The number of quaternary nitrogens is 1. The fourth-order valence-corrected chi connectivity index (χ4v) is 0.961. The highest BCUT2D eigenvalue weighted by atomic mass is 16.6. The van der Waals surface area contributed by atoms with Gasteiger partial charge >= 0.3 is 5.97 Å². The van der Waals surface area contributed by atoms with Crippen molar-refractivity contribution in [1.29, 1.82) is 0 Å². The molecule has 5 nitrogen and oxygen atoms in total. The zero-order chi connectivity index (χ0) is 9.78. The van der Waals surface area contributed by atoms with Gasteiger partial charge in [0.25, 0.3) is 0 Å². The molecule has 0 heterocycles. The number of carboxylic acids is 1. The summed E-state index contributed by atoms with van der Waals surface area (Å²) in [5.41, 5.74) is 0. The van der Waals surface area contributed by atoms with E-state index in [0.29, 0.717) is 11.0 Å². The van der Waals surface area contributed by atoms with Crippen molar-refractivity contribution >= 4 is 5.97 Å². The molecule has 0 rings (SSSR count). The Balaban J connectivity index is 3.92. The maximum atomic E-state index is 10.3. The SMILES string of the molecule is C[N+](C)(C)CC(CC(=O)O)ON. The van der Waals surface area contributed by atoms with E-state index in [4.69, 9.17) is 11.0 Å². The minimum atomic E-state index is -0.890. The van der Waals surface area contributed by atoms with Gasteiger partial charge in [0.2, 0.25) is 0 Å². The van der Waals surface area contributed by atoms with Crippen molar-refractivity contribution in [1.82, 2.24) is 0 Å². The Morgan fingerprint density at radius 2 is 2.08 bits per heavy atom. The molecule has 12 heavy (non-hydrogen) atoms. The molecule has 0 aliphatic rings. The average Bonchev–Trinajstić information content (AvgIpc) is 1.82. The van der Waals surface area contributed by atoms with Crippen LogP contribution in [0.3, 0.4) is 0 Å². The van der Waals surface area contributed by atoms with Gasteiger partial charge < -0.3 is 9.59 Å². The van der Waals surface area contributed by atoms with Crippen LogP contribution in [0.1, 0.15) is 6.42 Å². The summed E-state index contributed by atoms with van der Waals surface area (Å²) in [5.74, 6) is 4.07. The summed E-state index contributed by atoms with van der Waals surface area (Å²) < 4.78 is 0.634. The Kier molecular flexibility index (Phi) is 4.16. The van der Waals surface area contributed by atoms with E-state index in [-0.39, 0.29) is 6.42 Å². The second kappa shape index (κ2) is 4.39. The first-order valence-electron chi connectivity index (χ1n) is 3.73. The molecule has 1 atom stereocenters. The standard InChI is InChI=1S/C7H16N2O3/c1-9(2,3)5-6(12-8)4-7(10)11/h6H,4-5,8H2,1-3H3/p+1. The van der Waals surface area contributed by atoms with Crippen molar-refractivity contribution < 1.29 is 19.2 Å². The number of carbonyl (C=O) groups is 1. The van der Waals surface area contributed by atoms with Crippen LogP contribution in [0.2, 0.25) is 0 Å². The van der Waals surface area contributed by atoms with Gasteiger partial charge in [0, 0.05) is 0 Å².